The highest BCUT2D eigenvalue weighted by Crippen LogP contribution is 2.34. The van der Waals surface area contributed by atoms with E-state index >= 15 is 0 Å². The molecule has 160 valence electrons. The number of anilines is 2. The van der Waals surface area contributed by atoms with Gasteiger partial charge in [0.15, 0.2) is 0 Å². The number of hydrogen-bond acceptors (Lipinski definition) is 7. The maximum atomic E-state index is 13.0. The van der Waals surface area contributed by atoms with Crippen LogP contribution in [-0.2, 0) is 10.0 Å². The molecule has 0 saturated heterocycles. The Kier molecular flexibility index (Phi) is 5.91. The average Bonchev–Trinajstić information content (AvgIpc) is 3.28. The smallest absolute Gasteiger partial charge is 0.267 e. The number of nitrogens with one attached hydrogen (secondary N) is 2. The lowest BCUT2D eigenvalue weighted by Gasteiger charge is -2.17. The van der Waals surface area contributed by atoms with Crippen LogP contribution >= 0.6 is 11.3 Å². The molecule has 0 saturated carbocycles. The van der Waals surface area contributed by atoms with Gasteiger partial charge in [0.1, 0.15) is 15.5 Å². The first-order valence-corrected chi connectivity index (χ1v) is 11.4. The SMILES string of the molecule is COc1c(C)cc(C)c(NC(=O)c2sccc2S(=O)(=O)Nc2onc(C)c2C)c1C. The van der Waals surface area contributed by atoms with Gasteiger partial charge in [-0.2, -0.15) is 0 Å². The topological polar surface area (TPSA) is 111 Å². The number of sulfonamides is 1. The van der Waals surface area contributed by atoms with Crippen molar-refractivity contribution in [1.82, 2.24) is 5.16 Å². The Labute approximate surface area is 179 Å². The summed E-state index contributed by atoms with van der Waals surface area (Å²) in [7, 11) is -2.48. The summed E-state index contributed by atoms with van der Waals surface area (Å²) in [4.78, 5) is 12.9. The number of amides is 1. The molecule has 0 bridgehead atoms. The number of rotatable bonds is 6. The van der Waals surface area contributed by atoms with Gasteiger partial charge >= 0.3 is 0 Å². The lowest BCUT2D eigenvalue weighted by atomic mass is 10.0. The molecule has 2 aromatic heterocycles. The third-order valence-electron chi connectivity index (χ3n) is 4.85. The second-order valence-electron chi connectivity index (χ2n) is 6.94. The van der Waals surface area contributed by atoms with Crippen LogP contribution in [0.25, 0.3) is 0 Å². The van der Waals surface area contributed by atoms with Crippen molar-refractivity contribution < 1.29 is 22.5 Å². The summed E-state index contributed by atoms with van der Waals surface area (Å²) < 4.78 is 38.6. The number of aryl methyl sites for hydroxylation is 3. The Hall–Kier alpha value is -2.85. The monoisotopic (exact) mass is 449 g/mol. The van der Waals surface area contributed by atoms with Gasteiger partial charge in [0.2, 0.25) is 5.88 Å². The molecular formula is C20H23N3O5S2. The quantitative estimate of drug-likeness (QED) is 0.579. The summed E-state index contributed by atoms with van der Waals surface area (Å²) in [5.41, 5.74) is 4.33. The van der Waals surface area contributed by atoms with Gasteiger partial charge < -0.3 is 14.6 Å². The van der Waals surface area contributed by atoms with E-state index in [1.807, 2.05) is 26.8 Å². The van der Waals surface area contributed by atoms with Gasteiger partial charge in [0.25, 0.3) is 15.9 Å². The van der Waals surface area contributed by atoms with E-state index in [0.29, 0.717) is 22.7 Å². The first kappa shape index (κ1) is 21.8. The molecule has 0 unspecified atom stereocenters. The normalized spacial score (nSPS) is 11.4. The van der Waals surface area contributed by atoms with E-state index in [9.17, 15) is 13.2 Å². The Bertz CT molecular complexity index is 1230. The van der Waals surface area contributed by atoms with Crippen molar-refractivity contribution in [2.75, 3.05) is 17.1 Å². The molecule has 3 rings (SSSR count). The number of carbonyl (C=O) groups excluding carboxylic acids is 1. The van der Waals surface area contributed by atoms with E-state index in [1.165, 1.54) is 6.07 Å². The van der Waals surface area contributed by atoms with Crippen LogP contribution in [0.3, 0.4) is 0 Å². The van der Waals surface area contributed by atoms with Gasteiger partial charge in [0.05, 0.1) is 18.5 Å². The first-order valence-electron chi connectivity index (χ1n) is 9.06. The molecule has 0 fully saturated rings. The minimum absolute atomic E-state index is 0.0278. The van der Waals surface area contributed by atoms with Crippen molar-refractivity contribution in [1.29, 1.82) is 0 Å². The molecule has 3 aromatic rings. The molecular weight excluding hydrogens is 426 g/mol. The lowest BCUT2D eigenvalue weighted by Crippen LogP contribution is -2.19. The predicted octanol–water partition coefficient (Wildman–Crippen LogP) is 4.34. The molecule has 0 radical (unpaired) electrons. The number of hydrogen-bond donors (Lipinski definition) is 2. The number of methoxy groups -OCH3 is 1. The molecule has 1 amide bonds. The molecule has 2 N–H and O–H groups in total. The number of carbonyl (C=O) groups is 1. The summed E-state index contributed by atoms with van der Waals surface area (Å²) in [6, 6.07) is 3.29. The van der Waals surface area contributed by atoms with E-state index in [0.717, 1.165) is 28.0 Å². The van der Waals surface area contributed by atoms with Crippen molar-refractivity contribution in [2.45, 2.75) is 39.5 Å². The van der Waals surface area contributed by atoms with Crippen molar-refractivity contribution in [3.63, 3.8) is 0 Å². The van der Waals surface area contributed by atoms with Gasteiger partial charge in [-0.3, -0.25) is 4.79 Å². The van der Waals surface area contributed by atoms with Gasteiger partial charge in [-0.05, 0) is 57.2 Å². The Morgan fingerprint density at radius 3 is 2.43 bits per heavy atom. The predicted molar refractivity (Wildman–Crippen MR) is 116 cm³/mol. The van der Waals surface area contributed by atoms with Crippen molar-refractivity contribution in [3.8, 4) is 5.75 Å². The fourth-order valence-electron chi connectivity index (χ4n) is 3.21. The van der Waals surface area contributed by atoms with Crippen LogP contribution in [0, 0.1) is 34.6 Å². The van der Waals surface area contributed by atoms with Gasteiger partial charge in [-0.25, -0.2) is 13.1 Å². The highest BCUT2D eigenvalue weighted by atomic mass is 32.2. The van der Waals surface area contributed by atoms with Crippen LogP contribution in [0.1, 0.15) is 37.6 Å². The second kappa shape index (κ2) is 8.11. The molecule has 0 atom stereocenters. The average molecular weight is 450 g/mol. The molecule has 0 aliphatic carbocycles. The Morgan fingerprint density at radius 2 is 1.83 bits per heavy atom. The number of ether oxygens (including phenoxy) is 1. The maximum absolute atomic E-state index is 13.0. The van der Waals surface area contributed by atoms with Crippen molar-refractivity contribution in [2.24, 2.45) is 0 Å². The van der Waals surface area contributed by atoms with E-state index in [-0.39, 0.29) is 15.7 Å². The maximum Gasteiger partial charge on any atom is 0.267 e. The minimum Gasteiger partial charge on any atom is -0.496 e. The summed E-state index contributed by atoms with van der Waals surface area (Å²) in [5, 5.41) is 8.14. The van der Waals surface area contributed by atoms with Crippen molar-refractivity contribution in [3.05, 3.63) is 50.3 Å². The molecule has 8 nitrogen and oxygen atoms in total. The lowest BCUT2D eigenvalue weighted by molar-refractivity contribution is 0.102. The zero-order chi connectivity index (χ0) is 22.2. The van der Waals surface area contributed by atoms with E-state index in [1.54, 1.807) is 26.3 Å². The number of thiophene rings is 1. The molecule has 0 spiro atoms. The third kappa shape index (κ3) is 3.92. The van der Waals surface area contributed by atoms with Crippen LogP contribution < -0.4 is 14.8 Å². The minimum atomic E-state index is -4.05. The summed E-state index contributed by atoms with van der Waals surface area (Å²) in [6.07, 6.45) is 0. The van der Waals surface area contributed by atoms with Gasteiger partial charge in [0, 0.05) is 11.1 Å². The Balaban J connectivity index is 1.94. The van der Waals surface area contributed by atoms with Gasteiger partial charge in [-0.15, -0.1) is 11.3 Å². The van der Waals surface area contributed by atoms with Crippen LogP contribution in [0.5, 0.6) is 5.75 Å². The fourth-order valence-corrected chi connectivity index (χ4v) is 5.58. The molecule has 0 aliphatic rings. The number of aromatic nitrogens is 1. The summed E-state index contributed by atoms with van der Waals surface area (Å²) in [6.45, 7) is 9.05. The van der Waals surface area contributed by atoms with Crippen molar-refractivity contribution >= 4 is 38.8 Å². The third-order valence-corrected chi connectivity index (χ3v) is 7.27. The van der Waals surface area contributed by atoms with Gasteiger partial charge in [-0.1, -0.05) is 11.2 Å². The molecule has 2 heterocycles. The summed E-state index contributed by atoms with van der Waals surface area (Å²) in [5.74, 6) is 0.181. The highest BCUT2D eigenvalue weighted by molar-refractivity contribution is 7.93. The van der Waals surface area contributed by atoms with E-state index in [4.69, 9.17) is 9.26 Å². The van der Waals surface area contributed by atoms with Crippen LogP contribution in [0.2, 0.25) is 0 Å². The van der Waals surface area contributed by atoms with E-state index in [2.05, 4.69) is 15.2 Å². The first-order chi connectivity index (χ1) is 14.1. The molecule has 0 aliphatic heterocycles. The van der Waals surface area contributed by atoms with Crippen LogP contribution in [0.4, 0.5) is 11.6 Å². The van der Waals surface area contributed by atoms with E-state index < -0.39 is 15.9 Å². The zero-order valence-corrected chi connectivity index (χ0v) is 19.2. The standard InChI is InChI=1S/C20H23N3O5S2/c1-10-9-11(2)17(27-6)13(4)16(10)21-19(24)18-15(7-8-29-18)30(25,26)23-20-12(3)14(5)22-28-20/h7-9,23H,1-6H3,(H,21,24). The Morgan fingerprint density at radius 1 is 1.13 bits per heavy atom. The largest absolute Gasteiger partial charge is 0.496 e. The zero-order valence-electron chi connectivity index (χ0n) is 17.5. The highest BCUT2D eigenvalue weighted by Gasteiger charge is 2.27. The number of benzene rings is 1. The second-order valence-corrected chi connectivity index (χ2v) is 9.51. The molecule has 10 heteroatoms. The van der Waals surface area contributed by atoms with Crippen LogP contribution in [0.15, 0.2) is 26.9 Å². The molecule has 1 aromatic carbocycles. The fraction of sp³-hybridized carbons (Fsp3) is 0.300. The molecule has 30 heavy (non-hydrogen) atoms. The summed E-state index contributed by atoms with van der Waals surface area (Å²) >= 11 is 1.04. The number of nitrogens with zero attached hydrogens (tertiary/aromatic N) is 1. The van der Waals surface area contributed by atoms with Crippen LogP contribution in [-0.4, -0.2) is 26.6 Å².